The van der Waals surface area contributed by atoms with Gasteiger partial charge in [-0.2, -0.15) is 0 Å². The van der Waals surface area contributed by atoms with Crippen molar-refractivity contribution >= 4 is 15.5 Å². The number of sulfone groups is 1. The van der Waals surface area contributed by atoms with Crippen molar-refractivity contribution in [2.75, 3.05) is 30.5 Å². The zero-order valence-corrected chi connectivity index (χ0v) is 13.3. The molecule has 0 aliphatic heterocycles. The van der Waals surface area contributed by atoms with E-state index >= 15 is 0 Å². The first-order chi connectivity index (χ1) is 9.20. The maximum Gasteiger partial charge on any atom is 0.149 e. The van der Waals surface area contributed by atoms with E-state index in [1.165, 1.54) is 12.3 Å². The number of hydrogen-bond acceptors (Lipinski definition) is 4. The number of anilines is 1. The topological polar surface area (TPSA) is 49.4 Å². The monoisotopic (exact) mass is 302 g/mol. The highest BCUT2D eigenvalue weighted by molar-refractivity contribution is 7.90. The predicted octanol–water partition coefficient (Wildman–Crippen LogP) is 1.80. The molecule has 0 spiro atoms. The van der Waals surface area contributed by atoms with E-state index < -0.39 is 9.84 Å². The first kappa shape index (κ1) is 16.9. The zero-order chi connectivity index (χ0) is 15.3. The molecule has 0 aliphatic carbocycles. The Hall–Kier alpha value is -1.14. The molecule has 20 heavy (non-hydrogen) atoms. The fourth-order valence-corrected chi connectivity index (χ4v) is 2.46. The third-order valence-electron chi connectivity index (χ3n) is 2.95. The van der Waals surface area contributed by atoms with Crippen molar-refractivity contribution in [2.24, 2.45) is 0 Å². The number of rotatable bonds is 7. The molecule has 0 saturated carbocycles. The molecule has 0 saturated heterocycles. The third-order valence-corrected chi connectivity index (χ3v) is 3.87. The molecule has 0 heterocycles. The maximum atomic E-state index is 14.0. The van der Waals surface area contributed by atoms with Crippen LogP contribution < -0.4 is 10.2 Å². The van der Waals surface area contributed by atoms with Crippen molar-refractivity contribution in [1.29, 1.82) is 0 Å². The number of nitrogens with one attached hydrogen (secondary N) is 1. The van der Waals surface area contributed by atoms with Gasteiger partial charge in [-0.1, -0.05) is 26.0 Å². The average Bonchev–Trinajstić information content (AvgIpc) is 2.32. The molecule has 114 valence electrons. The van der Waals surface area contributed by atoms with Crippen molar-refractivity contribution in [3.8, 4) is 0 Å². The second kappa shape index (κ2) is 7.04. The smallest absolute Gasteiger partial charge is 0.149 e. The molecular weight excluding hydrogens is 279 g/mol. The van der Waals surface area contributed by atoms with E-state index in [1.54, 1.807) is 18.0 Å². The van der Waals surface area contributed by atoms with Crippen molar-refractivity contribution in [3.05, 3.63) is 29.6 Å². The molecule has 0 fully saturated rings. The first-order valence-corrected chi connectivity index (χ1v) is 8.66. The van der Waals surface area contributed by atoms with Gasteiger partial charge >= 0.3 is 0 Å². The van der Waals surface area contributed by atoms with E-state index in [0.29, 0.717) is 18.3 Å². The molecular formula is C14H23FN2O2S. The minimum atomic E-state index is -3.06. The molecule has 1 aromatic rings. The SMILES string of the molecule is CC(C)NCc1cccc(F)c1N(C)CCS(C)(=O)=O. The van der Waals surface area contributed by atoms with Gasteiger partial charge in [0, 0.05) is 32.4 Å². The van der Waals surface area contributed by atoms with Gasteiger partial charge in [-0.15, -0.1) is 0 Å². The Balaban J connectivity index is 2.91. The summed E-state index contributed by atoms with van der Waals surface area (Å²) in [6.07, 6.45) is 1.18. The van der Waals surface area contributed by atoms with Crippen LogP contribution in [0.25, 0.3) is 0 Å². The highest BCUT2D eigenvalue weighted by Gasteiger charge is 2.14. The minimum absolute atomic E-state index is 0.00881. The number of benzene rings is 1. The first-order valence-electron chi connectivity index (χ1n) is 6.60. The Kier molecular flexibility index (Phi) is 5.95. The molecule has 1 aromatic carbocycles. The molecule has 0 aliphatic rings. The lowest BCUT2D eigenvalue weighted by Gasteiger charge is -2.23. The summed E-state index contributed by atoms with van der Waals surface area (Å²) in [4.78, 5) is 1.66. The Morgan fingerprint density at radius 3 is 2.55 bits per heavy atom. The summed E-state index contributed by atoms with van der Waals surface area (Å²) < 4.78 is 36.5. The lowest BCUT2D eigenvalue weighted by molar-refractivity contribution is 0.579. The normalized spacial score (nSPS) is 11.9. The van der Waals surface area contributed by atoms with Gasteiger partial charge < -0.3 is 10.2 Å². The summed E-state index contributed by atoms with van der Waals surface area (Å²) >= 11 is 0. The summed E-state index contributed by atoms with van der Waals surface area (Å²) in [5.74, 6) is -0.321. The van der Waals surface area contributed by atoms with Crippen LogP contribution in [0.5, 0.6) is 0 Å². The van der Waals surface area contributed by atoms with Gasteiger partial charge in [0.1, 0.15) is 15.7 Å². The van der Waals surface area contributed by atoms with E-state index in [9.17, 15) is 12.8 Å². The Labute approximate surface area is 120 Å². The standard InChI is InChI=1S/C14H23FN2O2S/c1-11(2)16-10-12-6-5-7-13(15)14(12)17(3)8-9-20(4,18)19/h5-7,11,16H,8-10H2,1-4H3. The van der Waals surface area contributed by atoms with Crippen molar-refractivity contribution in [1.82, 2.24) is 5.32 Å². The van der Waals surface area contributed by atoms with Gasteiger partial charge in [-0.3, -0.25) is 0 Å². The molecule has 0 aromatic heterocycles. The molecule has 1 rings (SSSR count). The van der Waals surface area contributed by atoms with E-state index in [1.807, 2.05) is 19.9 Å². The van der Waals surface area contributed by atoms with Gasteiger partial charge in [0.05, 0.1) is 11.4 Å². The predicted molar refractivity (Wildman–Crippen MR) is 81.4 cm³/mol. The van der Waals surface area contributed by atoms with Gasteiger partial charge in [0.15, 0.2) is 0 Å². The second-order valence-electron chi connectivity index (χ2n) is 5.33. The fourth-order valence-electron chi connectivity index (χ4n) is 1.86. The molecule has 0 amide bonds. The van der Waals surface area contributed by atoms with E-state index in [-0.39, 0.29) is 18.1 Å². The lowest BCUT2D eigenvalue weighted by atomic mass is 10.1. The fraction of sp³-hybridized carbons (Fsp3) is 0.571. The molecule has 0 bridgehead atoms. The highest BCUT2D eigenvalue weighted by atomic mass is 32.2. The van der Waals surface area contributed by atoms with Crippen LogP contribution in [0.4, 0.5) is 10.1 Å². The summed E-state index contributed by atoms with van der Waals surface area (Å²) in [6, 6.07) is 5.21. The van der Waals surface area contributed by atoms with Crippen LogP contribution in [0.3, 0.4) is 0 Å². The second-order valence-corrected chi connectivity index (χ2v) is 7.59. The van der Waals surface area contributed by atoms with E-state index in [2.05, 4.69) is 5.32 Å². The Bertz CT molecular complexity index is 544. The number of para-hydroxylation sites is 1. The van der Waals surface area contributed by atoms with Crippen molar-refractivity contribution in [3.63, 3.8) is 0 Å². The summed E-state index contributed by atoms with van der Waals surface area (Å²) in [7, 11) is -1.35. The third kappa shape index (κ3) is 5.46. The summed E-state index contributed by atoms with van der Waals surface area (Å²) in [6.45, 7) is 4.86. The van der Waals surface area contributed by atoms with Crippen LogP contribution in [-0.4, -0.2) is 40.1 Å². The van der Waals surface area contributed by atoms with Crippen LogP contribution in [0.1, 0.15) is 19.4 Å². The molecule has 0 radical (unpaired) electrons. The number of nitrogens with zero attached hydrogens (tertiary/aromatic N) is 1. The number of hydrogen-bond donors (Lipinski definition) is 1. The summed E-state index contributed by atoms with van der Waals surface area (Å²) in [5.41, 5.74) is 1.29. The van der Waals surface area contributed by atoms with Gasteiger partial charge in [0.25, 0.3) is 0 Å². The van der Waals surface area contributed by atoms with Crippen LogP contribution in [0, 0.1) is 5.82 Å². The molecule has 4 nitrogen and oxygen atoms in total. The quantitative estimate of drug-likeness (QED) is 0.834. The Morgan fingerprint density at radius 2 is 2.00 bits per heavy atom. The zero-order valence-electron chi connectivity index (χ0n) is 12.5. The highest BCUT2D eigenvalue weighted by Crippen LogP contribution is 2.23. The maximum absolute atomic E-state index is 14.0. The van der Waals surface area contributed by atoms with Crippen molar-refractivity contribution in [2.45, 2.75) is 26.4 Å². The van der Waals surface area contributed by atoms with Gasteiger partial charge in [-0.05, 0) is 11.6 Å². The largest absolute Gasteiger partial charge is 0.371 e. The summed E-state index contributed by atoms with van der Waals surface area (Å²) in [5, 5.41) is 3.25. The Morgan fingerprint density at radius 1 is 1.35 bits per heavy atom. The van der Waals surface area contributed by atoms with E-state index in [4.69, 9.17) is 0 Å². The van der Waals surface area contributed by atoms with Crippen LogP contribution in [-0.2, 0) is 16.4 Å². The molecule has 0 unspecified atom stereocenters. The van der Waals surface area contributed by atoms with Crippen LogP contribution in [0.15, 0.2) is 18.2 Å². The minimum Gasteiger partial charge on any atom is -0.371 e. The average molecular weight is 302 g/mol. The number of halogens is 1. The molecule has 6 heteroatoms. The molecule has 0 atom stereocenters. The van der Waals surface area contributed by atoms with Crippen molar-refractivity contribution < 1.29 is 12.8 Å². The van der Waals surface area contributed by atoms with Gasteiger partial charge in [-0.25, -0.2) is 12.8 Å². The van der Waals surface area contributed by atoms with E-state index in [0.717, 1.165) is 5.56 Å². The van der Waals surface area contributed by atoms with Gasteiger partial charge in [0.2, 0.25) is 0 Å². The lowest BCUT2D eigenvalue weighted by Crippen LogP contribution is -2.28. The molecule has 1 N–H and O–H groups in total. The van der Waals surface area contributed by atoms with Crippen LogP contribution >= 0.6 is 0 Å². The van der Waals surface area contributed by atoms with Crippen LogP contribution in [0.2, 0.25) is 0 Å².